The summed E-state index contributed by atoms with van der Waals surface area (Å²) in [6, 6.07) is 5.01. The van der Waals surface area contributed by atoms with E-state index in [-0.39, 0.29) is 12.5 Å². The summed E-state index contributed by atoms with van der Waals surface area (Å²) in [5.41, 5.74) is 4.01. The minimum absolute atomic E-state index is 0.179. The summed E-state index contributed by atoms with van der Waals surface area (Å²) >= 11 is 1.53. The highest BCUT2D eigenvalue weighted by molar-refractivity contribution is 7.98. The third kappa shape index (κ3) is 5.38. The summed E-state index contributed by atoms with van der Waals surface area (Å²) in [4.78, 5) is 16.4. The van der Waals surface area contributed by atoms with Gasteiger partial charge in [0.15, 0.2) is 0 Å². The maximum Gasteiger partial charge on any atom is 0.333 e. The van der Waals surface area contributed by atoms with Crippen molar-refractivity contribution in [2.45, 2.75) is 18.4 Å². The van der Waals surface area contributed by atoms with E-state index in [0.717, 1.165) is 10.5 Å². The van der Waals surface area contributed by atoms with Gasteiger partial charge in [-0.05, 0) is 25.3 Å². The van der Waals surface area contributed by atoms with E-state index in [1.807, 2.05) is 23.8 Å². The number of carbonyl (C=O) groups is 1. The van der Waals surface area contributed by atoms with Crippen LogP contribution in [0.1, 0.15) is 12.5 Å². The minimum Gasteiger partial charge on any atom is -0.470 e. The maximum absolute atomic E-state index is 11.5. The lowest BCUT2D eigenvalue weighted by atomic mass is 10.2. The monoisotopic (exact) mass is 336 g/mol. The number of nitrogens with two attached hydrogens (primary N) is 1. The van der Waals surface area contributed by atoms with Gasteiger partial charge in [-0.1, -0.05) is 6.07 Å². The maximum atomic E-state index is 11.5. The number of hydrogen-bond donors (Lipinski definition) is 3. The molecular formula is C14H20N6O2S. The Morgan fingerprint density at radius 2 is 2.22 bits per heavy atom. The number of hydrogen-bond acceptors (Lipinski definition) is 7. The van der Waals surface area contributed by atoms with Gasteiger partial charge in [0.25, 0.3) is 5.90 Å². The number of thioether (sulfide) groups is 1. The quantitative estimate of drug-likeness (QED) is 0.184. The molecule has 1 aromatic rings. The number of carbonyl (C=O) groups excluding carboxylic acids is 1. The summed E-state index contributed by atoms with van der Waals surface area (Å²) in [5.74, 6) is 5.38. The molecule has 4 N–H and O–H groups in total. The van der Waals surface area contributed by atoms with Crippen LogP contribution in [0.25, 0.3) is 0 Å². The van der Waals surface area contributed by atoms with Crippen LogP contribution in [0.2, 0.25) is 0 Å². The number of nitrogens with one attached hydrogen (secondary N) is 2. The number of aliphatic imine (C=N–C) groups is 1. The number of anilines is 1. The summed E-state index contributed by atoms with van der Waals surface area (Å²) in [5, 5.41) is 9.96. The Labute approximate surface area is 139 Å². The molecule has 8 nitrogen and oxygen atoms in total. The first-order valence-electron chi connectivity index (χ1n) is 6.61. The fourth-order valence-electron chi connectivity index (χ4n) is 1.69. The third-order valence-corrected chi connectivity index (χ3v) is 3.71. The van der Waals surface area contributed by atoms with E-state index in [0.29, 0.717) is 11.4 Å². The molecule has 0 aliphatic heterocycles. The lowest BCUT2D eigenvalue weighted by Crippen LogP contribution is -2.34. The van der Waals surface area contributed by atoms with Gasteiger partial charge < -0.3 is 10.1 Å². The van der Waals surface area contributed by atoms with Crippen molar-refractivity contribution >= 4 is 41.8 Å². The van der Waals surface area contributed by atoms with Crippen LogP contribution in [0.5, 0.6) is 0 Å². The van der Waals surface area contributed by atoms with E-state index >= 15 is 0 Å². The van der Waals surface area contributed by atoms with Gasteiger partial charge in [0.1, 0.15) is 6.61 Å². The van der Waals surface area contributed by atoms with Crippen LogP contribution >= 0.6 is 11.8 Å². The van der Waals surface area contributed by atoms with Gasteiger partial charge in [0.05, 0.1) is 11.4 Å². The molecule has 1 rings (SSSR count). The molecule has 2 amide bonds. The number of ether oxygens (including phenoxy) is 1. The first kappa shape index (κ1) is 18.7. The lowest BCUT2D eigenvalue weighted by molar-refractivity contribution is 0.252. The Morgan fingerprint density at radius 3 is 2.78 bits per heavy atom. The summed E-state index contributed by atoms with van der Waals surface area (Å²) < 4.78 is 5.69. The standard InChI is InChI=1S/C14H20N6O2S/c1-9(16-2)13(20-17-3)22-8-10-11(18-14(21)19-15)6-5-7-12(10)23-4/h5-7H,3,8,15H2,1-2,4H3,(H2,18,19,21)/b16-9?,20-13+. The second-order valence-electron chi connectivity index (χ2n) is 4.23. The topological polar surface area (TPSA) is 113 Å². The molecule has 0 radical (unpaired) electrons. The second-order valence-corrected chi connectivity index (χ2v) is 5.08. The zero-order chi connectivity index (χ0) is 17.2. The smallest absolute Gasteiger partial charge is 0.333 e. The largest absolute Gasteiger partial charge is 0.470 e. The van der Waals surface area contributed by atoms with E-state index in [4.69, 9.17) is 10.6 Å². The van der Waals surface area contributed by atoms with Crippen LogP contribution in [0.15, 0.2) is 38.3 Å². The van der Waals surface area contributed by atoms with E-state index in [9.17, 15) is 4.79 Å². The lowest BCUT2D eigenvalue weighted by Gasteiger charge is -2.15. The van der Waals surface area contributed by atoms with Gasteiger partial charge in [-0.2, -0.15) is 5.10 Å². The SMILES string of the molecule is C=N/N=C(/OCc1c(NC(=O)NN)cccc1SC)C(C)=NC. The molecule has 1 aromatic carbocycles. The van der Waals surface area contributed by atoms with Crippen molar-refractivity contribution < 1.29 is 9.53 Å². The number of urea groups is 1. The third-order valence-electron chi connectivity index (χ3n) is 2.89. The average molecular weight is 336 g/mol. The first-order valence-corrected chi connectivity index (χ1v) is 7.83. The molecule has 0 aromatic heterocycles. The molecule has 0 saturated heterocycles. The molecular weight excluding hydrogens is 316 g/mol. The van der Waals surface area contributed by atoms with Crippen LogP contribution in [0, 0.1) is 0 Å². The molecule has 0 fully saturated rings. The van der Waals surface area contributed by atoms with Crippen molar-refractivity contribution in [3.05, 3.63) is 23.8 Å². The van der Waals surface area contributed by atoms with Crippen molar-refractivity contribution in [2.75, 3.05) is 18.6 Å². The highest BCUT2D eigenvalue weighted by atomic mass is 32.2. The normalized spacial score (nSPS) is 11.8. The number of nitrogens with zero attached hydrogens (tertiary/aromatic N) is 3. The van der Waals surface area contributed by atoms with Crippen LogP contribution in [0.3, 0.4) is 0 Å². The number of benzene rings is 1. The van der Waals surface area contributed by atoms with E-state index in [1.165, 1.54) is 11.8 Å². The number of hydrazine groups is 1. The van der Waals surface area contributed by atoms with E-state index in [1.54, 1.807) is 20.0 Å². The molecule has 0 saturated carbocycles. The van der Waals surface area contributed by atoms with Crippen LogP contribution < -0.4 is 16.6 Å². The Kier molecular flexibility index (Phi) is 7.78. The highest BCUT2D eigenvalue weighted by Crippen LogP contribution is 2.28. The van der Waals surface area contributed by atoms with Gasteiger partial charge >= 0.3 is 6.03 Å². The van der Waals surface area contributed by atoms with E-state index in [2.05, 4.69) is 27.2 Å². The second kappa shape index (κ2) is 9.59. The molecule has 0 unspecified atom stereocenters. The zero-order valence-electron chi connectivity index (χ0n) is 13.3. The van der Waals surface area contributed by atoms with Crippen LogP contribution in [0.4, 0.5) is 10.5 Å². The molecule has 124 valence electrons. The average Bonchev–Trinajstić information content (AvgIpc) is 2.58. The Morgan fingerprint density at radius 1 is 1.48 bits per heavy atom. The molecule has 0 atom stereocenters. The Hall–Kier alpha value is -2.39. The van der Waals surface area contributed by atoms with Gasteiger partial charge in [-0.3, -0.25) is 10.4 Å². The number of rotatable bonds is 6. The molecule has 0 heterocycles. The van der Waals surface area contributed by atoms with Crippen molar-refractivity contribution in [2.24, 2.45) is 21.0 Å². The molecule has 23 heavy (non-hydrogen) atoms. The van der Waals surface area contributed by atoms with Crippen LogP contribution in [-0.4, -0.2) is 37.7 Å². The minimum atomic E-state index is -0.516. The van der Waals surface area contributed by atoms with Gasteiger partial charge in [0, 0.05) is 24.2 Å². The highest BCUT2D eigenvalue weighted by Gasteiger charge is 2.13. The molecule has 0 aliphatic carbocycles. The Bertz CT molecular complexity index is 630. The molecule has 0 spiro atoms. The molecule has 0 aliphatic rings. The summed E-state index contributed by atoms with van der Waals surface area (Å²) in [6.45, 7) is 5.25. The number of amides is 2. The van der Waals surface area contributed by atoms with E-state index < -0.39 is 6.03 Å². The van der Waals surface area contributed by atoms with Crippen molar-refractivity contribution in [1.82, 2.24) is 5.43 Å². The summed E-state index contributed by atoms with van der Waals surface area (Å²) in [6.07, 6.45) is 1.94. The molecule has 9 heteroatoms. The fraction of sp³-hybridized carbons (Fsp3) is 0.286. The predicted molar refractivity (Wildman–Crippen MR) is 95.4 cm³/mol. The van der Waals surface area contributed by atoms with Gasteiger partial charge in [-0.25, -0.2) is 10.6 Å². The predicted octanol–water partition coefficient (Wildman–Crippen LogP) is 2.03. The van der Waals surface area contributed by atoms with Gasteiger partial charge in [-0.15, -0.1) is 16.9 Å². The molecule has 0 bridgehead atoms. The Balaban J connectivity index is 3.07. The first-order chi connectivity index (χ1) is 11.1. The van der Waals surface area contributed by atoms with Crippen molar-refractivity contribution in [3.8, 4) is 0 Å². The summed E-state index contributed by atoms with van der Waals surface area (Å²) in [7, 11) is 1.63. The zero-order valence-corrected chi connectivity index (χ0v) is 14.1. The van der Waals surface area contributed by atoms with Crippen LogP contribution in [-0.2, 0) is 11.3 Å². The van der Waals surface area contributed by atoms with Crippen molar-refractivity contribution in [1.29, 1.82) is 0 Å². The van der Waals surface area contributed by atoms with Crippen molar-refractivity contribution in [3.63, 3.8) is 0 Å². The van der Waals surface area contributed by atoms with Gasteiger partial charge in [0.2, 0.25) is 0 Å². The fourth-order valence-corrected chi connectivity index (χ4v) is 2.32.